The molecule has 0 N–H and O–H groups in total. The zero-order valence-corrected chi connectivity index (χ0v) is 8.96. The van der Waals surface area contributed by atoms with Gasteiger partial charge in [0.15, 0.2) is 0 Å². The normalized spacial score (nSPS) is 12.3. The van der Waals surface area contributed by atoms with Gasteiger partial charge in [0.1, 0.15) is 5.69 Å². The fraction of sp³-hybridized carbons (Fsp3) is 0.375. The van der Waals surface area contributed by atoms with E-state index in [9.17, 15) is 22.0 Å². The number of hydrogen-bond donors (Lipinski definition) is 0. The summed E-state index contributed by atoms with van der Waals surface area (Å²) in [5.74, 6) is 0. The van der Waals surface area contributed by atoms with Crippen LogP contribution in [-0.4, -0.2) is 4.98 Å². The SMILES string of the molecule is Cc1cc(Br)c(C(F)(F)F)c(C(F)F)n1. The third-order valence-electron chi connectivity index (χ3n) is 1.62. The minimum atomic E-state index is -4.84. The molecule has 0 aliphatic carbocycles. The number of alkyl halides is 5. The number of pyridine rings is 1. The molecule has 0 aliphatic rings. The van der Waals surface area contributed by atoms with Gasteiger partial charge in [-0.3, -0.25) is 4.98 Å². The minimum Gasteiger partial charge on any atom is -0.251 e. The Labute approximate surface area is 90.4 Å². The van der Waals surface area contributed by atoms with Crippen LogP contribution in [0, 0.1) is 6.92 Å². The van der Waals surface area contributed by atoms with Gasteiger partial charge < -0.3 is 0 Å². The van der Waals surface area contributed by atoms with Crippen molar-refractivity contribution in [3.05, 3.63) is 27.5 Å². The molecule has 0 unspecified atom stereocenters. The molecule has 0 amide bonds. The van der Waals surface area contributed by atoms with Crippen molar-refractivity contribution >= 4 is 15.9 Å². The Morgan fingerprint density at radius 2 is 1.87 bits per heavy atom. The fourth-order valence-corrected chi connectivity index (χ4v) is 1.85. The lowest BCUT2D eigenvalue weighted by Gasteiger charge is -2.14. The van der Waals surface area contributed by atoms with Gasteiger partial charge in [-0.25, -0.2) is 8.78 Å². The third-order valence-corrected chi connectivity index (χ3v) is 2.24. The first-order valence-electron chi connectivity index (χ1n) is 3.76. The molecule has 0 saturated carbocycles. The Kier molecular flexibility index (Phi) is 3.32. The van der Waals surface area contributed by atoms with E-state index in [1.165, 1.54) is 6.92 Å². The largest absolute Gasteiger partial charge is 0.419 e. The van der Waals surface area contributed by atoms with Crippen LogP contribution in [0.5, 0.6) is 0 Å². The monoisotopic (exact) mass is 289 g/mol. The maximum Gasteiger partial charge on any atom is 0.419 e. The number of nitrogens with zero attached hydrogens (tertiary/aromatic N) is 1. The van der Waals surface area contributed by atoms with Crippen LogP contribution in [0.3, 0.4) is 0 Å². The molecule has 0 atom stereocenters. The summed E-state index contributed by atoms with van der Waals surface area (Å²) in [7, 11) is 0. The van der Waals surface area contributed by atoms with Crippen molar-refractivity contribution in [1.29, 1.82) is 0 Å². The van der Waals surface area contributed by atoms with Crippen molar-refractivity contribution in [2.75, 3.05) is 0 Å². The summed E-state index contributed by atoms with van der Waals surface area (Å²) in [4.78, 5) is 3.20. The zero-order chi connectivity index (χ0) is 11.8. The average Bonchev–Trinajstić information content (AvgIpc) is 1.99. The number of aryl methyl sites for hydroxylation is 1. The van der Waals surface area contributed by atoms with Gasteiger partial charge in [-0.15, -0.1) is 0 Å². The van der Waals surface area contributed by atoms with Gasteiger partial charge in [0.2, 0.25) is 0 Å². The number of hydrogen-bond acceptors (Lipinski definition) is 1. The smallest absolute Gasteiger partial charge is 0.251 e. The van der Waals surface area contributed by atoms with Crippen LogP contribution >= 0.6 is 15.9 Å². The molecule has 0 radical (unpaired) electrons. The lowest BCUT2D eigenvalue weighted by atomic mass is 10.1. The molecule has 1 rings (SSSR count). The Morgan fingerprint density at radius 1 is 1.33 bits per heavy atom. The number of rotatable bonds is 1. The maximum absolute atomic E-state index is 12.4. The van der Waals surface area contributed by atoms with Gasteiger partial charge in [0.05, 0.1) is 5.56 Å². The van der Waals surface area contributed by atoms with Gasteiger partial charge in [-0.05, 0) is 13.0 Å². The Hall–Kier alpha value is -0.720. The standard InChI is InChI=1S/C8H5BrF5N/c1-3-2-4(9)5(8(12,13)14)6(15-3)7(10)11/h2,7H,1H3. The van der Waals surface area contributed by atoms with Gasteiger partial charge in [-0.1, -0.05) is 15.9 Å². The van der Waals surface area contributed by atoms with Crippen molar-refractivity contribution in [1.82, 2.24) is 4.98 Å². The van der Waals surface area contributed by atoms with Crippen LogP contribution in [0.2, 0.25) is 0 Å². The molecule has 0 spiro atoms. The summed E-state index contributed by atoms with van der Waals surface area (Å²) in [6.45, 7) is 1.34. The molecule has 0 aromatic carbocycles. The van der Waals surface area contributed by atoms with Crippen molar-refractivity contribution in [2.45, 2.75) is 19.5 Å². The van der Waals surface area contributed by atoms with Gasteiger partial charge in [0.25, 0.3) is 6.43 Å². The molecular weight excluding hydrogens is 285 g/mol. The molecule has 15 heavy (non-hydrogen) atoms. The first kappa shape index (κ1) is 12.4. The Morgan fingerprint density at radius 3 is 2.27 bits per heavy atom. The number of halogens is 6. The van der Waals surface area contributed by atoms with E-state index >= 15 is 0 Å². The lowest BCUT2D eigenvalue weighted by molar-refractivity contribution is -0.140. The second-order valence-electron chi connectivity index (χ2n) is 2.80. The highest BCUT2D eigenvalue weighted by Crippen LogP contribution is 2.40. The summed E-state index contributed by atoms with van der Waals surface area (Å²) in [6, 6.07) is 1.05. The lowest BCUT2D eigenvalue weighted by Crippen LogP contribution is -2.13. The summed E-state index contributed by atoms with van der Waals surface area (Å²) in [5, 5.41) is 0. The summed E-state index contributed by atoms with van der Waals surface area (Å²) >= 11 is 2.61. The molecule has 1 nitrogen and oxygen atoms in total. The highest BCUT2D eigenvalue weighted by molar-refractivity contribution is 9.10. The Balaban J connectivity index is 3.48. The molecule has 84 valence electrons. The van der Waals surface area contributed by atoms with E-state index in [0.29, 0.717) is 0 Å². The second-order valence-corrected chi connectivity index (χ2v) is 3.66. The maximum atomic E-state index is 12.4. The van der Waals surface area contributed by atoms with Crippen LogP contribution in [0.4, 0.5) is 22.0 Å². The van der Waals surface area contributed by atoms with Crippen LogP contribution in [0.15, 0.2) is 10.5 Å². The second kappa shape index (κ2) is 4.03. The summed E-state index contributed by atoms with van der Waals surface area (Å²) in [6.07, 6.45) is -8.09. The molecule has 1 aromatic rings. The van der Waals surface area contributed by atoms with E-state index in [1.54, 1.807) is 0 Å². The van der Waals surface area contributed by atoms with Crippen LogP contribution in [0.1, 0.15) is 23.4 Å². The average molecular weight is 290 g/mol. The van der Waals surface area contributed by atoms with Gasteiger partial charge in [0, 0.05) is 10.2 Å². The van der Waals surface area contributed by atoms with Crippen molar-refractivity contribution in [3.8, 4) is 0 Å². The van der Waals surface area contributed by atoms with Crippen LogP contribution in [-0.2, 0) is 6.18 Å². The first-order chi connectivity index (χ1) is 6.73. The topological polar surface area (TPSA) is 12.9 Å². The molecular formula is C8H5BrF5N. The van der Waals surface area contributed by atoms with Crippen molar-refractivity contribution in [3.63, 3.8) is 0 Å². The molecule has 1 aromatic heterocycles. The van der Waals surface area contributed by atoms with E-state index in [2.05, 4.69) is 20.9 Å². The van der Waals surface area contributed by atoms with Crippen molar-refractivity contribution in [2.24, 2.45) is 0 Å². The molecule has 0 fully saturated rings. The van der Waals surface area contributed by atoms with Crippen LogP contribution in [0.25, 0.3) is 0 Å². The minimum absolute atomic E-state index is 0.102. The van der Waals surface area contributed by atoms with E-state index in [0.717, 1.165) is 6.07 Å². The van der Waals surface area contributed by atoms with Gasteiger partial charge in [-0.2, -0.15) is 13.2 Å². The zero-order valence-electron chi connectivity index (χ0n) is 7.37. The van der Waals surface area contributed by atoms with E-state index < -0.39 is 28.3 Å². The van der Waals surface area contributed by atoms with E-state index in [-0.39, 0.29) is 5.69 Å². The number of aromatic nitrogens is 1. The quantitative estimate of drug-likeness (QED) is 0.709. The molecule has 0 saturated heterocycles. The van der Waals surface area contributed by atoms with E-state index in [1.807, 2.05) is 0 Å². The molecule has 7 heteroatoms. The highest BCUT2D eigenvalue weighted by Gasteiger charge is 2.39. The van der Waals surface area contributed by atoms with Crippen molar-refractivity contribution < 1.29 is 22.0 Å². The fourth-order valence-electron chi connectivity index (χ4n) is 1.09. The highest BCUT2D eigenvalue weighted by atomic mass is 79.9. The van der Waals surface area contributed by atoms with Gasteiger partial charge >= 0.3 is 6.18 Å². The third kappa shape index (κ3) is 2.64. The predicted molar refractivity (Wildman–Crippen MR) is 46.6 cm³/mol. The summed E-state index contributed by atoms with van der Waals surface area (Å²) < 4.78 is 61.4. The molecule has 0 bridgehead atoms. The first-order valence-corrected chi connectivity index (χ1v) is 4.55. The molecule has 0 aliphatic heterocycles. The van der Waals surface area contributed by atoms with E-state index in [4.69, 9.17) is 0 Å². The predicted octanol–water partition coefficient (Wildman–Crippen LogP) is 4.11. The van der Waals surface area contributed by atoms with Crippen LogP contribution < -0.4 is 0 Å². The Bertz CT molecular complexity index is 374. The summed E-state index contributed by atoms with van der Waals surface area (Å²) in [5.41, 5.74) is -2.55. The molecule has 1 heterocycles.